The molecule has 0 amide bonds. The van der Waals surface area contributed by atoms with Crippen LogP contribution in [-0.2, 0) is 9.53 Å². The molecule has 0 unspecified atom stereocenters. The van der Waals surface area contributed by atoms with Gasteiger partial charge in [-0.2, -0.15) is 0 Å². The van der Waals surface area contributed by atoms with Crippen LogP contribution in [-0.4, -0.2) is 12.6 Å². The van der Waals surface area contributed by atoms with Crippen molar-refractivity contribution in [1.82, 2.24) is 0 Å². The van der Waals surface area contributed by atoms with E-state index in [2.05, 4.69) is 6.58 Å². The summed E-state index contributed by atoms with van der Waals surface area (Å²) in [5.41, 5.74) is 0.550. The quantitative estimate of drug-likeness (QED) is 0.381. The maximum absolute atomic E-state index is 11.0. The standard InChI is InChI=1S/C9H14O2.C2H6/c1-4-7-8(5-2)9(10)11-6-3;1-2/h5,7H,2,4,6H2,1,3H3;1-2H3/b8-7+;. The summed E-state index contributed by atoms with van der Waals surface area (Å²) in [6.07, 6.45) is 4.13. The molecule has 0 aromatic carbocycles. The molecule has 2 heteroatoms. The van der Waals surface area contributed by atoms with Crippen LogP contribution in [0.3, 0.4) is 0 Å². The Morgan fingerprint density at radius 2 is 1.92 bits per heavy atom. The minimum atomic E-state index is -0.288. The van der Waals surface area contributed by atoms with Crippen molar-refractivity contribution in [3.63, 3.8) is 0 Å². The molecule has 13 heavy (non-hydrogen) atoms. The first-order valence-corrected chi connectivity index (χ1v) is 4.75. The fourth-order valence-electron chi connectivity index (χ4n) is 0.684. The first-order chi connectivity index (χ1) is 6.26. The zero-order valence-electron chi connectivity index (χ0n) is 9.09. The molecule has 0 saturated heterocycles. The lowest BCUT2D eigenvalue weighted by atomic mass is 10.2. The zero-order valence-corrected chi connectivity index (χ0v) is 9.09. The minimum Gasteiger partial charge on any atom is -0.462 e. The molecule has 0 aromatic rings. The van der Waals surface area contributed by atoms with Crippen molar-refractivity contribution in [2.24, 2.45) is 0 Å². The molecular formula is C11H20O2. The molecule has 0 aliphatic heterocycles. The van der Waals surface area contributed by atoms with Gasteiger partial charge >= 0.3 is 5.97 Å². The lowest BCUT2D eigenvalue weighted by Crippen LogP contribution is -2.05. The summed E-state index contributed by atoms with van der Waals surface area (Å²) in [5.74, 6) is -0.288. The highest BCUT2D eigenvalue weighted by Gasteiger charge is 2.03. The molecule has 0 saturated carbocycles. The van der Waals surface area contributed by atoms with E-state index in [4.69, 9.17) is 4.74 Å². The van der Waals surface area contributed by atoms with Crippen molar-refractivity contribution in [3.05, 3.63) is 24.3 Å². The second-order valence-electron chi connectivity index (χ2n) is 1.99. The van der Waals surface area contributed by atoms with Crippen LogP contribution in [0.5, 0.6) is 0 Å². The van der Waals surface area contributed by atoms with Gasteiger partial charge < -0.3 is 4.74 Å². The van der Waals surface area contributed by atoms with Gasteiger partial charge in [-0.1, -0.05) is 39.5 Å². The van der Waals surface area contributed by atoms with Gasteiger partial charge in [0.05, 0.1) is 12.2 Å². The Morgan fingerprint density at radius 1 is 1.38 bits per heavy atom. The van der Waals surface area contributed by atoms with E-state index in [9.17, 15) is 4.79 Å². The van der Waals surface area contributed by atoms with Crippen LogP contribution >= 0.6 is 0 Å². The lowest BCUT2D eigenvalue weighted by molar-refractivity contribution is -0.138. The summed E-state index contributed by atoms with van der Waals surface area (Å²) in [5, 5.41) is 0. The number of carbonyl (C=O) groups is 1. The van der Waals surface area contributed by atoms with Crippen LogP contribution in [0, 0.1) is 0 Å². The Kier molecular flexibility index (Phi) is 12.2. The lowest BCUT2D eigenvalue weighted by Gasteiger charge is -2.00. The summed E-state index contributed by atoms with van der Waals surface area (Å²) >= 11 is 0. The van der Waals surface area contributed by atoms with Crippen molar-refractivity contribution >= 4 is 5.97 Å². The fourth-order valence-corrected chi connectivity index (χ4v) is 0.684. The smallest absolute Gasteiger partial charge is 0.337 e. The molecule has 0 aromatic heterocycles. The zero-order chi connectivity index (χ0) is 10.7. The minimum absolute atomic E-state index is 0.288. The Bertz CT molecular complexity index is 169. The Balaban J connectivity index is 0. The van der Waals surface area contributed by atoms with Gasteiger partial charge in [0.2, 0.25) is 0 Å². The molecule has 0 rings (SSSR count). The normalized spacial score (nSPS) is 9.69. The van der Waals surface area contributed by atoms with Crippen LogP contribution in [0.2, 0.25) is 0 Å². The average molecular weight is 184 g/mol. The number of hydrogen-bond acceptors (Lipinski definition) is 2. The Labute approximate surface area is 81.3 Å². The van der Waals surface area contributed by atoms with Gasteiger partial charge in [-0.3, -0.25) is 0 Å². The second-order valence-corrected chi connectivity index (χ2v) is 1.99. The number of hydrogen-bond donors (Lipinski definition) is 0. The average Bonchev–Trinajstić information content (AvgIpc) is 2.17. The van der Waals surface area contributed by atoms with Crippen molar-refractivity contribution in [1.29, 1.82) is 0 Å². The van der Waals surface area contributed by atoms with Crippen LogP contribution < -0.4 is 0 Å². The van der Waals surface area contributed by atoms with Crippen LogP contribution in [0.25, 0.3) is 0 Å². The van der Waals surface area contributed by atoms with E-state index in [1.54, 1.807) is 13.0 Å². The van der Waals surface area contributed by atoms with E-state index < -0.39 is 0 Å². The van der Waals surface area contributed by atoms with Crippen molar-refractivity contribution < 1.29 is 9.53 Å². The first kappa shape index (κ1) is 14.5. The molecule has 2 nitrogen and oxygen atoms in total. The molecule has 0 heterocycles. The molecule has 0 aliphatic carbocycles. The van der Waals surface area contributed by atoms with Crippen LogP contribution in [0.4, 0.5) is 0 Å². The van der Waals surface area contributed by atoms with Crippen LogP contribution in [0.1, 0.15) is 34.1 Å². The number of esters is 1. The Morgan fingerprint density at radius 3 is 2.23 bits per heavy atom. The molecule has 0 N–H and O–H groups in total. The van der Waals surface area contributed by atoms with Crippen molar-refractivity contribution in [3.8, 4) is 0 Å². The third-order valence-electron chi connectivity index (χ3n) is 1.16. The molecular weight excluding hydrogens is 164 g/mol. The topological polar surface area (TPSA) is 26.3 Å². The van der Waals surface area contributed by atoms with Gasteiger partial charge in [0.25, 0.3) is 0 Å². The Hall–Kier alpha value is -1.05. The molecule has 0 spiro atoms. The van der Waals surface area contributed by atoms with Gasteiger partial charge in [-0.25, -0.2) is 4.79 Å². The maximum atomic E-state index is 11.0. The monoisotopic (exact) mass is 184 g/mol. The highest BCUT2D eigenvalue weighted by molar-refractivity contribution is 5.91. The summed E-state index contributed by atoms with van der Waals surface area (Å²) in [6.45, 7) is 11.7. The first-order valence-electron chi connectivity index (χ1n) is 4.75. The molecule has 0 aliphatic rings. The predicted molar refractivity (Wildman–Crippen MR) is 56.6 cm³/mol. The van der Waals surface area contributed by atoms with Gasteiger partial charge in [-0.05, 0) is 13.3 Å². The van der Waals surface area contributed by atoms with Gasteiger partial charge in [-0.15, -0.1) is 0 Å². The van der Waals surface area contributed by atoms with Crippen LogP contribution in [0.15, 0.2) is 24.3 Å². The largest absolute Gasteiger partial charge is 0.462 e. The van der Waals surface area contributed by atoms with E-state index in [-0.39, 0.29) is 5.97 Å². The van der Waals surface area contributed by atoms with E-state index in [0.717, 1.165) is 6.42 Å². The van der Waals surface area contributed by atoms with E-state index >= 15 is 0 Å². The molecule has 76 valence electrons. The second kappa shape index (κ2) is 11.0. The number of ether oxygens (including phenoxy) is 1. The highest BCUT2D eigenvalue weighted by atomic mass is 16.5. The summed E-state index contributed by atoms with van der Waals surface area (Å²) in [4.78, 5) is 11.0. The van der Waals surface area contributed by atoms with E-state index in [1.165, 1.54) is 6.08 Å². The van der Waals surface area contributed by atoms with Gasteiger partial charge in [0, 0.05) is 0 Å². The summed E-state index contributed by atoms with van der Waals surface area (Å²) < 4.78 is 4.77. The van der Waals surface area contributed by atoms with Crippen molar-refractivity contribution in [2.45, 2.75) is 34.1 Å². The van der Waals surface area contributed by atoms with Gasteiger partial charge in [0.1, 0.15) is 0 Å². The molecule has 0 atom stereocenters. The number of allylic oxidation sites excluding steroid dienone is 1. The third kappa shape index (κ3) is 7.32. The number of carbonyl (C=O) groups excluding carboxylic acids is 1. The van der Waals surface area contributed by atoms with E-state index in [0.29, 0.717) is 12.2 Å². The van der Waals surface area contributed by atoms with Crippen molar-refractivity contribution in [2.75, 3.05) is 6.61 Å². The summed E-state index contributed by atoms with van der Waals surface area (Å²) in [7, 11) is 0. The maximum Gasteiger partial charge on any atom is 0.337 e. The third-order valence-corrected chi connectivity index (χ3v) is 1.16. The predicted octanol–water partition coefficient (Wildman–Crippen LogP) is 3.10. The highest BCUT2D eigenvalue weighted by Crippen LogP contribution is 2.00. The fraction of sp³-hybridized carbons (Fsp3) is 0.545. The molecule has 0 radical (unpaired) electrons. The van der Waals surface area contributed by atoms with Gasteiger partial charge in [0.15, 0.2) is 0 Å². The molecule has 0 bridgehead atoms. The summed E-state index contributed by atoms with van der Waals surface area (Å²) in [6, 6.07) is 0. The SMILES string of the molecule is C=C/C(=C\CC)C(=O)OCC.CC. The molecule has 0 fully saturated rings. The van der Waals surface area contributed by atoms with E-state index in [1.807, 2.05) is 20.8 Å². The number of rotatable bonds is 4.